The molecule has 1 fully saturated rings. The van der Waals surface area contributed by atoms with Crippen molar-refractivity contribution >= 4 is 34.4 Å². The van der Waals surface area contributed by atoms with Gasteiger partial charge in [0.05, 0.1) is 22.6 Å². The van der Waals surface area contributed by atoms with Crippen LogP contribution in [0.2, 0.25) is 0 Å². The molecule has 0 bridgehead atoms. The van der Waals surface area contributed by atoms with Crippen molar-refractivity contribution in [3.8, 4) is 0 Å². The highest BCUT2D eigenvalue weighted by Crippen LogP contribution is 1.91. The van der Waals surface area contributed by atoms with E-state index in [1.54, 1.807) is 0 Å². The molecule has 50 valence electrons. The van der Waals surface area contributed by atoms with E-state index in [-0.39, 0.29) is 6.04 Å². The van der Waals surface area contributed by atoms with Crippen LogP contribution in [0.5, 0.6) is 0 Å². The van der Waals surface area contributed by atoms with Gasteiger partial charge in [0.1, 0.15) is 0 Å². The SMILES string of the molecule is CC1NC(=S)CNC1=S. The Balaban J connectivity index is 2.54. The molecule has 0 amide bonds. The van der Waals surface area contributed by atoms with Gasteiger partial charge >= 0.3 is 0 Å². The van der Waals surface area contributed by atoms with E-state index in [1.165, 1.54) is 0 Å². The average molecular weight is 160 g/mol. The second-order valence-corrected chi connectivity index (χ2v) is 2.94. The van der Waals surface area contributed by atoms with Crippen LogP contribution in [0.15, 0.2) is 0 Å². The van der Waals surface area contributed by atoms with Crippen molar-refractivity contribution in [1.82, 2.24) is 10.6 Å². The molecule has 1 rings (SSSR count). The zero-order chi connectivity index (χ0) is 6.85. The highest BCUT2D eigenvalue weighted by molar-refractivity contribution is 7.81. The van der Waals surface area contributed by atoms with E-state index in [1.807, 2.05) is 6.92 Å². The summed E-state index contributed by atoms with van der Waals surface area (Å²) in [6.45, 7) is 2.68. The zero-order valence-corrected chi connectivity index (χ0v) is 6.73. The van der Waals surface area contributed by atoms with Crippen molar-refractivity contribution in [2.24, 2.45) is 0 Å². The lowest BCUT2D eigenvalue weighted by Crippen LogP contribution is -2.53. The first-order chi connectivity index (χ1) is 4.20. The van der Waals surface area contributed by atoms with Crippen molar-refractivity contribution in [1.29, 1.82) is 0 Å². The van der Waals surface area contributed by atoms with Gasteiger partial charge in [0, 0.05) is 0 Å². The fourth-order valence-corrected chi connectivity index (χ4v) is 1.06. The molecule has 2 N–H and O–H groups in total. The van der Waals surface area contributed by atoms with E-state index in [9.17, 15) is 0 Å². The van der Waals surface area contributed by atoms with Crippen LogP contribution in [0.3, 0.4) is 0 Å². The summed E-state index contributed by atoms with van der Waals surface area (Å²) in [5.41, 5.74) is 0. The molecular weight excluding hydrogens is 152 g/mol. The van der Waals surface area contributed by atoms with Gasteiger partial charge in [-0.1, -0.05) is 24.4 Å². The quantitative estimate of drug-likeness (QED) is 0.495. The van der Waals surface area contributed by atoms with Crippen molar-refractivity contribution in [3.63, 3.8) is 0 Å². The van der Waals surface area contributed by atoms with Gasteiger partial charge in [0.2, 0.25) is 0 Å². The number of rotatable bonds is 0. The minimum absolute atomic E-state index is 0.209. The van der Waals surface area contributed by atoms with Gasteiger partial charge in [0.25, 0.3) is 0 Å². The van der Waals surface area contributed by atoms with Crippen LogP contribution < -0.4 is 10.6 Å². The number of piperazine rings is 1. The lowest BCUT2D eigenvalue weighted by Gasteiger charge is -2.23. The number of hydrogen-bond donors (Lipinski definition) is 2. The minimum atomic E-state index is 0.209. The van der Waals surface area contributed by atoms with Gasteiger partial charge in [-0.15, -0.1) is 0 Å². The summed E-state index contributed by atoms with van der Waals surface area (Å²) in [5, 5.41) is 6.07. The Labute approximate surface area is 65.0 Å². The summed E-state index contributed by atoms with van der Waals surface area (Å²) in [5.74, 6) is 0. The summed E-state index contributed by atoms with van der Waals surface area (Å²) >= 11 is 9.85. The molecule has 0 spiro atoms. The standard InChI is InChI=1S/C5H8N2S2/c1-3-5(9)6-2-4(8)7-3/h3H,2H2,1H3,(H,6,9)(H,7,8). The van der Waals surface area contributed by atoms with Gasteiger partial charge in [-0.2, -0.15) is 0 Å². The largest absolute Gasteiger partial charge is 0.371 e. The molecular formula is C5H8N2S2. The predicted molar refractivity (Wildman–Crippen MR) is 45.8 cm³/mol. The summed E-state index contributed by atoms with van der Waals surface area (Å²) in [6, 6.07) is 0.209. The maximum absolute atomic E-state index is 4.95. The third-order valence-electron chi connectivity index (χ3n) is 1.19. The molecule has 0 radical (unpaired) electrons. The molecule has 1 heterocycles. The van der Waals surface area contributed by atoms with E-state index >= 15 is 0 Å². The first-order valence-corrected chi connectivity index (χ1v) is 3.59. The molecule has 0 aromatic carbocycles. The molecule has 1 aliphatic heterocycles. The van der Waals surface area contributed by atoms with Gasteiger partial charge in [-0.05, 0) is 6.92 Å². The van der Waals surface area contributed by atoms with Gasteiger partial charge in [0.15, 0.2) is 0 Å². The van der Waals surface area contributed by atoms with Crippen LogP contribution in [0.4, 0.5) is 0 Å². The minimum Gasteiger partial charge on any atom is -0.371 e. The Morgan fingerprint density at radius 3 is 2.67 bits per heavy atom. The van der Waals surface area contributed by atoms with E-state index < -0.39 is 0 Å². The number of thiocarbonyl (C=S) groups is 2. The summed E-state index contributed by atoms with van der Waals surface area (Å²) < 4.78 is 0. The molecule has 0 aromatic rings. The lowest BCUT2D eigenvalue weighted by atomic mass is 10.3. The Morgan fingerprint density at radius 1 is 1.56 bits per heavy atom. The molecule has 4 heteroatoms. The van der Waals surface area contributed by atoms with E-state index in [0.29, 0.717) is 6.54 Å². The third kappa shape index (κ3) is 1.59. The topological polar surface area (TPSA) is 24.1 Å². The lowest BCUT2D eigenvalue weighted by molar-refractivity contribution is 0.780. The van der Waals surface area contributed by atoms with Crippen molar-refractivity contribution < 1.29 is 0 Å². The van der Waals surface area contributed by atoms with E-state index in [4.69, 9.17) is 24.4 Å². The highest BCUT2D eigenvalue weighted by Gasteiger charge is 2.14. The Hall–Kier alpha value is -0.220. The van der Waals surface area contributed by atoms with Crippen LogP contribution in [-0.2, 0) is 0 Å². The molecule has 1 unspecified atom stereocenters. The van der Waals surface area contributed by atoms with Crippen LogP contribution >= 0.6 is 24.4 Å². The van der Waals surface area contributed by atoms with Crippen molar-refractivity contribution in [2.75, 3.05) is 6.54 Å². The second kappa shape index (κ2) is 2.58. The van der Waals surface area contributed by atoms with Crippen molar-refractivity contribution in [2.45, 2.75) is 13.0 Å². The average Bonchev–Trinajstić information content (AvgIpc) is 1.80. The molecule has 2 nitrogen and oxygen atoms in total. The van der Waals surface area contributed by atoms with Crippen molar-refractivity contribution in [3.05, 3.63) is 0 Å². The first kappa shape index (κ1) is 6.89. The first-order valence-electron chi connectivity index (χ1n) is 2.77. The summed E-state index contributed by atoms with van der Waals surface area (Å²) in [6.07, 6.45) is 0. The molecule has 1 saturated heterocycles. The van der Waals surface area contributed by atoms with Crippen LogP contribution in [0, 0.1) is 0 Å². The fourth-order valence-electron chi connectivity index (χ4n) is 0.679. The number of nitrogens with one attached hydrogen (secondary N) is 2. The Bertz CT molecular complexity index is 155. The van der Waals surface area contributed by atoms with Crippen LogP contribution in [-0.4, -0.2) is 22.6 Å². The van der Waals surface area contributed by atoms with Gasteiger partial charge < -0.3 is 10.6 Å². The second-order valence-electron chi connectivity index (χ2n) is 2.01. The highest BCUT2D eigenvalue weighted by atomic mass is 32.1. The smallest absolute Gasteiger partial charge is 0.0980 e. The maximum atomic E-state index is 4.95. The molecule has 0 aliphatic carbocycles. The van der Waals surface area contributed by atoms with E-state index in [2.05, 4.69) is 10.6 Å². The normalized spacial score (nSPS) is 27.0. The predicted octanol–water partition coefficient (Wildman–Crippen LogP) is 0.222. The van der Waals surface area contributed by atoms with Crippen LogP contribution in [0.25, 0.3) is 0 Å². The summed E-state index contributed by atoms with van der Waals surface area (Å²) in [4.78, 5) is 1.69. The molecule has 9 heavy (non-hydrogen) atoms. The fraction of sp³-hybridized carbons (Fsp3) is 0.600. The zero-order valence-electron chi connectivity index (χ0n) is 5.10. The molecule has 1 atom stereocenters. The summed E-state index contributed by atoms with van der Waals surface area (Å²) in [7, 11) is 0. The Morgan fingerprint density at radius 2 is 2.22 bits per heavy atom. The third-order valence-corrected chi connectivity index (χ3v) is 1.95. The Kier molecular flexibility index (Phi) is 1.97. The van der Waals surface area contributed by atoms with E-state index in [0.717, 1.165) is 9.98 Å². The molecule has 0 saturated carbocycles. The molecule has 0 aromatic heterocycles. The monoisotopic (exact) mass is 160 g/mol. The maximum Gasteiger partial charge on any atom is 0.0980 e. The molecule has 1 aliphatic rings. The number of hydrogen-bond acceptors (Lipinski definition) is 2. The van der Waals surface area contributed by atoms with Gasteiger partial charge in [-0.25, -0.2) is 0 Å². The van der Waals surface area contributed by atoms with Gasteiger partial charge in [-0.3, -0.25) is 0 Å². The van der Waals surface area contributed by atoms with Crippen LogP contribution in [0.1, 0.15) is 6.92 Å².